The highest BCUT2D eigenvalue weighted by atomic mass is 127. The van der Waals surface area contributed by atoms with Crippen LogP contribution in [0.15, 0.2) is 17.4 Å². The number of hydrogen-bond donors (Lipinski definition) is 3. The van der Waals surface area contributed by atoms with E-state index in [1.54, 1.807) is 17.8 Å². The molecule has 0 radical (unpaired) electrons. The predicted molar refractivity (Wildman–Crippen MR) is 106 cm³/mol. The first-order chi connectivity index (χ1) is 11.0. The second-order valence-electron chi connectivity index (χ2n) is 6.32. The third-order valence-electron chi connectivity index (χ3n) is 3.81. The molecule has 1 aromatic heterocycles. The monoisotopic (exact) mass is 451 g/mol. The first kappa shape index (κ1) is 21.2. The van der Waals surface area contributed by atoms with Gasteiger partial charge in [0.1, 0.15) is 5.60 Å². The topological polar surface area (TPSA) is 83.7 Å². The van der Waals surface area contributed by atoms with Gasteiger partial charge in [-0.2, -0.15) is 5.10 Å². The van der Waals surface area contributed by atoms with Gasteiger partial charge in [0.25, 0.3) is 0 Å². The number of nitrogens with zero attached hydrogens (tertiary/aromatic N) is 3. The molecule has 0 aromatic carbocycles. The lowest BCUT2D eigenvalue weighted by Crippen LogP contribution is -2.40. The molecule has 1 fully saturated rings. The number of ether oxygens (including phenoxy) is 1. The maximum atomic E-state index is 10.6. The summed E-state index contributed by atoms with van der Waals surface area (Å²) in [6.07, 6.45) is 6.09. The van der Waals surface area contributed by atoms with E-state index < -0.39 is 5.60 Å². The van der Waals surface area contributed by atoms with Crippen molar-refractivity contribution in [3.05, 3.63) is 18.0 Å². The lowest BCUT2D eigenvalue weighted by molar-refractivity contribution is 0.0671. The average molecular weight is 451 g/mol. The molecule has 1 aromatic rings. The zero-order valence-corrected chi connectivity index (χ0v) is 17.1. The summed E-state index contributed by atoms with van der Waals surface area (Å²) in [5.74, 6) is 1.47. The van der Waals surface area contributed by atoms with Crippen LogP contribution in [0.2, 0.25) is 0 Å². The molecule has 1 heterocycles. The van der Waals surface area contributed by atoms with Gasteiger partial charge in [-0.1, -0.05) is 0 Å². The Balaban J connectivity index is 0.00000288. The molecule has 0 saturated heterocycles. The Morgan fingerprint density at radius 1 is 1.50 bits per heavy atom. The maximum Gasteiger partial charge on any atom is 0.191 e. The van der Waals surface area contributed by atoms with Crippen molar-refractivity contribution >= 4 is 29.9 Å². The van der Waals surface area contributed by atoms with E-state index in [9.17, 15) is 5.11 Å². The van der Waals surface area contributed by atoms with Crippen molar-refractivity contribution in [2.75, 3.05) is 32.8 Å². The average Bonchev–Trinajstić information content (AvgIpc) is 3.23. The molecule has 1 saturated carbocycles. The number of aliphatic hydroxyl groups is 1. The molecule has 1 atom stereocenters. The SMILES string of the molecule is CCNC(=NCC(C)(O)c1cnn(C)c1)NCCOCC1CC1.I. The third kappa shape index (κ3) is 7.35. The molecule has 0 amide bonds. The van der Waals surface area contributed by atoms with Gasteiger partial charge in [0.2, 0.25) is 0 Å². The van der Waals surface area contributed by atoms with Crippen LogP contribution in [0, 0.1) is 5.92 Å². The normalized spacial score (nSPS) is 17.1. The Labute approximate surface area is 161 Å². The summed E-state index contributed by atoms with van der Waals surface area (Å²) in [6, 6.07) is 0. The minimum Gasteiger partial charge on any atom is -0.383 e. The van der Waals surface area contributed by atoms with Gasteiger partial charge in [-0.05, 0) is 32.6 Å². The van der Waals surface area contributed by atoms with E-state index >= 15 is 0 Å². The van der Waals surface area contributed by atoms with Gasteiger partial charge in [-0.15, -0.1) is 24.0 Å². The lowest BCUT2D eigenvalue weighted by Gasteiger charge is -2.20. The molecule has 0 spiro atoms. The van der Waals surface area contributed by atoms with Crippen LogP contribution in [0.4, 0.5) is 0 Å². The molecule has 2 rings (SSSR count). The number of halogens is 1. The van der Waals surface area contributed by atoms with Gasteiger partial charge in [-0.3, -0.25) is 4.68 Å². The van der Waals surface area contributed by atoms with Gasteiger partial charge < -0.3 is 20.5 Å². The highest BCUT2D eigenvalue weighted by molar-refractivity contribution is 14.0. The fraction of sp³-hybridized carbons (Fsp3) is 0.750. The zero-order valence-electron chi connectivity index (χ0n) is 14.8. The van der Waals surface area contributed by atoms with Crippen LogP contribution < -0.4 is 10.6 Å². The van der Waals surface area contributed by atoms with Crippen LogP contribution in [0.1, 0.15) is 32.3 Å². The Morgan fingerprint density at radius 2 is 2.25 bits per heavy atom. The smallest absolute Gasteiger partial charge is 0.191 e. The fourth-order valence-corrected chi connectivity index (χ4v) is 2.14. The molecule has 24 heavy (non-hydrogen) atoms. The van der Waals surface area contributed by atoms with Crippen molar-refractivity contribution in [1.82, 2.24) is 20.4 Å². The third-order valence-corrected chi connectivity index (χ3v) is 3.81. The Hall–Kier alpha value is -0.870. The summed E-state index contributed by atoms with van der Waals surface area (Å²) < 4.78 is 7.27. The summed E-state index contributed by atoms with van der Waals surface area (Å²) in [6.45, 7) is 7.02. The van der Waals surface area contributed by atoms with Gasteiger partial charge in [0.05, 0.1) is 19.3 Å². The van der Waals surface area contributed by atoms with Crippen molar-refractivity contribution in [3.63, 3.8) is 0 Å². The fourth-order valence-electron chi connectivity index (χ4n) is 2.14. The number of nitrogens with one attached hydrogen (secondary N) is 2. The number of rotatable bonds is 9. The molecule has 3 N–H and O–H groups in total. The molecule has 1 unspecified atom stereocenters. The first-order valence-electron chi connectivity index (χ1n) is 8.32. The number of guanidine groups is 1. The van der Waals surface area contributed by atoms with E-state index in [0.29, 0.717) is 19.1 Å². The summed E-state index contributed by atoms with van der Waals surface area (Å²) in [4.78, 5) is 4.47. The molecule has 0 aliphatic heterocycles. The van der Waals surface area contributed by atoms with Crippen LogP contribution in [-0.4, -0.2) is 53.7 Å². The van der Waals surface area contributed by atoms with E-state index in [0.717, 1.165) is 24.6 Å². The van der Waals surface area contributed by atoms with E-state index in [-0.39, 0.29) is 30.5 Å². The van der Waals surface area contributed by atoms with Gasteiger partial charge >= 0.3 is 0 Å². The van der Waals surface area contributed by atoms with Crippen LogP contribution in [0.3, 0.4) is 0 Å². The van der Waals surface area contributed by atoms with Crippen molar-refractivity contribution in [1.29, 1.82) is 0 Å². The number of aliphatic imine (C=N–C) groups is 1. The minimum atomic E-state index is -1.04. The van der Waals surface area contributed by atoms with Crippen molar-refractivity contribution in [2.45, 2.75) is 32.3 Å². The molecular weight excluding hydrogens is 421 g/mol. The standard InChI is InChI=1S/C16H29N5O2.HI/c1-4-17-15(18-7-8-23-11-13-5-6-13)19-12-16(2,22)14-9-20-21(3)10-14;/h9-10,13,22H,4-8,11-12H2,1-3H3,(H2,17,18,19);1H. The Morgan fingerprint density at radius 3 is 2.83 bits per heavy atom. The van der Waals surface area contributed by atoms with Crippen molar-refractivity contribution in [3.8, 4) is 0 Å². The van der Waals surface area contributed by atoms with Crippen LogP contribution >= 0.6 is 24.0 Å². The van der Waals surface area contributed by atoms with Crippen LogP contribution in [-0.2, 0) is 17.4 Å². The van der Waals surface area contributed by atoms with Crippen LogP contribution in [0.25, 0.3) is 0 Å². The summed E-state index contributed by atoms with van der Waals surface area (Å²) in [5.41, 5.74) is -0.286. The first-order valence-corrected chi connectivity index (χ1v) is 8.32. The number of hydrogen-bond acceptors (Lipinski definition) is 4. The van der Waals surface area contributed by atoms with E-state index in [2.05, 4.69) is 20.7 Å². The Kier molecular flexibility index (Phi) is 8.99. The Bertz CT molecular complexity index is 514. The zero-order chi connectivity index (χ0) is 16.7. The van der Waals surface area contributed by atoms with Gasteiger partial charge in [0, 0.05) is 38.5 Å². The molecule has 1 aliphatic rings. The highest BCUT2D eigenvalue weighted by Gasteiger charge is 2.24. The molecule has 0 bridgehead atoms. The summed E-state index contributed by atoms with van der Waals surface area (Å²) in [5, 5.41) is 21.1. The van der Waals surface area contributed by atoms with E-state index in [1.165, 1.54) is 12.8 Å². The molecule has 8 heteroatoms. The maximum absolute atomic E-state index is 10.6. The summed E-state index contributed by atoms with van der Waals surface area (Å²) in [7, 11) is 1.83. The number of aromatic nitrogens is 2. The minimum absolute atomic E-state index is 0. The van der Waals surface area contributed by atoms with Crippen molar-refractivity contribution < 1.29 is 9.84 Å². The number of aryl methyl sites for hydroxylation is 1. The largest absolute Gasteiger partial charge is 0.383 e. The second-order valence-corrected chi connectivity index (χ2v) is 6.32. The summed E-state index contributed by atoms with van der Waals surface area (Å²) >= 11 is 0. The molecule has 1 aliphatic carbocycles. The highest BCUT2D eigenvalue weighted by Crippen LogP contribution is 2.28. The van der Waals surface area contributed by atoms with E-state index in [1.807, 2.05) is 20.2 Å². The molecular formula is C16H30IN5O2. The van der Waals surface area contributed by atoms with Crippen LogP contribution in [0.5, 0.6) is 0 Å². The lowest BCUT2D eigenvalue weighted by atomic mass is 10.0. The van der Waals surface area contributed by atoms with E-state index in [4.69, 9.17) is 4.74 Å². The molecule has 138 valence electrons. The molecule has 7 nitrogen and oxygen atoms in total. The quantitative estimate of drug-likeness (QED) is 0.228. The second kappa shape index (κ2) is 10.2. The van der Waals surface area contributed by atoms with Crippen molar-refractivity contribution in [2.24, 2.45) is 18.0 Å². The van der Waals surface area contributed by atoms with Gasteiger partial charge in [-0.25, -0.2) is 4.99 Å². The predicted octanol–water partition coefficient (Wildman–Crippen LogP) is 1.23. The van der Waals surface area contributed by atoms with Gasteiger partial charge in [0.15, 0.2) is 5.96 Å².